The van der Waals surface area contributed by atoms with E-state index in [9.17, 15) is 9.59 Å². The normalized spacial score (nSPS) is 22.9. The number of carbonyl (C=O) groups is 2. The number of carboxylic acids is 1. The van der Waals surface area contributed by atoms with Crippen molar-refractivity contribution in [3.8, 4) is 0 Å². The molecular weight excluding hydrogens is 238 g/mol. The van der Waals surface area contributed by atoms with Crippen molar-refractivity contribution in [1.29, 1.82) is 0 Å². The van der Waals surface area contributed by atoms with Crippen LogP contribution in [0.1, 0.15) is 19.8 Å². The van der Waals surface area contributed by atoms with Crippen molar-refractivity contribution in [3.63, 3.8) is 0 Å². The minimum atomic E-state index is -0.984. The first-order valence-electron chi connectivity index (χ1n) is 5.69. The highest BCUT2D eigenvalue weighted by Gasteiger charge is 2.37. The number of hydrogen-bond donors (Lipinski definition) is 2. The van der Waals surface area contributed by atoms with E-state index in [1.807, 2.05) is 0 Å². The van der Waals surface area contributed by atoms with Crippen LogP contribution in [0.3, 0.4) is 0 Å². The van der Waals surface area contributed by atoms with Gasteiger partial charge in [-0.15, -0.1) is 0 Å². The van der Waals surface area contributed by atoms with E-state index >= 15 is 0 Å². The molecule has 1 aromatic rings. The van der Waals surface area contributed by atoms with Crippen molar-refractivity contribution in [2.24, 2.45) is 0 Å². The predicted octanol–water partition coefficient (Wildman–Crippen LogP) is 0.475. The number of anilines is 1. The Morgan fingerprint density at radius 3 is 3.06 bits per heavy atom. The molecule has 1 unspecified atom stereocenters. The van der Waals surface area contributed by atoms with Crippen LogP contribution in [0.15, 0.2) is 12.4 Å². The van der Waals surface area contributed by atoms with Gasteiger partial charge in [0.25, 0.3) is 5.91 Å². The maximum absolute atomic E-state index is 12.0. The Balaban J connectivity index is 1.99. The average molecular weight is 253 g/mol. The number of aromatic nitrogens is 2. The summed E-state index contributed by atoms with van der Waals surface area (Å²) in [5, 5.41) is 15.1. The van der Waals surface area contributed by atoms with Crippen LogP contribution in [-0.2, 0) is 20.9 Å². The molecule has 0 aliphatic carbocycles. The molecule has 1 aliphatic rings. The van der Waals surface area contributed by atoms with Gasteiger partial charge in [-0.05, 0) is 19.8 Å². The first-order chi connectivity index (χ1) is 8.49. The molecule has 0 aromatic carbocycles. The number of ether oxygens (including phenoxy) is 1. The predicted molar refractivity (Wildman–Crippen MR) is 62.1 cm³/mol. The summed E-state index contributed by atoms with van der Waals surface area (Å²) < 4.78 is 6.66. The van der Waals surface area contributed by atoms with Gasteiger partial charge in [-0.2, -0.15) is 5.10 Å². The third-order valence-electron chi connectivity index (χ3n) is 2.89. The number of nitrogens with one attached hydrogen (secondary N) is 1. The summed E-state index contributed by atoms with van der Waals surface area (Å²) in [7, 11) is 0. The minimum Gasteiger partial charge on any atom is -0.480 e. The summed E-state index contributed by atoms with van der Waals surface area (Å²) in [5.41, 5.74) is -0.326. The number of amides is 1. The van der Waals surface area contributed by atoms with Gasteiger partial charge in [0.1, 0.15) is 12.1 Å². The Morgan fingerprint density at radius 2 is 2.44 bits per heavy atom. The third kappa shape index (κ3) is 2.67. The maximum Gasteiger partial charge on any atom is 0.325 e. The smallest absolute Gasteiger partial charge is 0.325 e. The third-order valence-corrected chi connectivity index (χ3v) is 2.89. The van der Waals surface area contributed by atoms with E-state index in [0.29, 0.717) is 18.7 Å². The number of rotatable bonds is 4. The van der Waals surface area contributed by atoms with Gasteiger partial charge in [0.15, 0.2) is 0 Å². The first kappa shape index (κ1) is 12.6. The van der Waals surface area contributed by atoms with Crippen molar-refractivity contribution in [2.75, 3.05) is 11.9 Å². The van der Waals surface area contributed by atoms with Crippen molar-refractivity contribution < 1.29 is 19.4 Å². The summed E-state index contributed by atoms with van der Waals surface area (Å²) in [5.74, 6) is -1.21. The lowest BCUT2D eigenvalue weighted by Crippen LogP contribution is -2.39. The van der Waals surface area contributed by atoms with Gasteiger partial charge in [0.2, 0.25) is 0 Å². The van der Waals surface area contributed by atoms with Crippen LogP contribution < -0.4 is 5.32 Å². The fourth-order valence-electron chi connectivity index (χ4n) is 1.87. The van der Waals surface area contributed by atoms with E-state index in [0.717, 1.165) is 6.42 Å². The van der Waals surface area contributed by atoms with Gasteiger partial charge in [-0.25, -0.2) is 0 Å². The van der Waals surface area contributed by atoms with Crippen LogP contribution in [0.25, 0.3) is 0 Å². The molecule has 2 N–H and O–H groups in total. The molecule has 1 saturated heterocycles. The summed E-state index contributed by atoms with van der Waals surface area (Å²) in [6.07, 6.45) is 4.44. The summed E-state index contributed by atoms with van der Waals surface area (Å²) in [6.45, 7) is 2.10. The van der Waals surface area contributed by atoms with Gasteiger partial charge in [0, 0.05) is 12.8 Å². The second kappa shape index (κ2) is 4.77. The van der Waals surface area contributed by atoms with Gasteiger partial charge < -0.3 is 15.2 Å². The van der Waals surface area contributed by atoms with Crippen LogP contribution in [0.4, 0.5) is 5.69 Å². The molecule has 0 saturated carbocycles. The van der Waals surface area contributed by atoms with E-state index in [4.69, 9.17) is 9.84 Å². The highest BCUT2D eigenvalue weighted by Crippen LogP contribution is 2.26. The Morgan fingerprint density at radius 1 is 1.67 bits per heavy atom. The first-order valence-corrected chi connectivity index (χ1v) is 5.69. The van der Waals surface area contributed by atoms with E-state index in [2.05, 4.69) is 10.4 Å². The van der Waals surface area contributed by atoms with Crippen molar-refractivity contribution >= 4 is 17.6 Å². The van der Waals surface area contributed by atoms with Crippen LogP contribution in [0, 0.1) is 0 Å². The monoisotopic (exact) mass is 253 g/mol. The summed E-state index contributed by atoms with van der Waals surface area (Å²) in [6, 6.07) is 0. The van der Waals surface area contributed by atoms with Crippen LogP contribution in [0.2, 0.25) is 0 Å². The lowest BCUT2D eigenvalue weighted by atomic mass is 10.0. The van der Waals surface area contributed by atoms with E-state index < -0.39 is 11.6 Å². The van der Waals surface area contributed by atoms with Crippen molar-refractivity contribution in [3.05, 3.63) is 12.4 Å². The Kier molecular flexibility index (Phi) is 3.33. The van der Waals surface area contributed by atoms with Gasteiger partial charge in [-0.1, -0.05) is 0 Å². The zero-order valence-corrected chi connectivity index (χ0v) is 10.0. The number of hydrogen-bond acceptors (Lipinski definition) is 4. The minimum absolute atomic E-state index is 0.227. The van der Waals surface area contributed by atoms with Crippen LogP contribution in [0.5, 0.6) is 0 Å². The molecule has 0 bridgehead atoms. The van der Waals surface area contributed by atoms with Gasteiger partial charge in [-0.3, -0.25) is 14.3 Å². The molecule has 18 heavy (non-hydrogen) atoms. The maximum atomic E-state index is 12.0. The molecule has 2 rings (SSSR count). The number of carbonyl (C=O) groups excluding carboxylic acids is 1. The molecule has 7 heteroatoms. The number of nitrogens with zero attached hydrogens (tertiary/aromatic N) is 2. The molecule has 1 aliphatic heterocycles. The summed E-state index contributed by atoms with van der Waals surface area (Å²) in [4.78, 5) is 22.5. The number of aliphatic carboxylic acids is 1. The quantitative estimate of drug-likeness (QED) is 0.813. The molecule has 0 spiro atoms. The largest absolute Gasteiger partial charge is 0.480 e. The fourth-order valence-corrected chi connectivity index (χ4v) is 1.87. The molecule has 2 heterocycles. The number of carboxylic acid groups (broad SMARTS) is 1. The topological polar surface area (TPSA) is 93.5 Å². The van der Waals surface area contributed by atoms with E-state index in [-0.39, 0.29) is 12.5 Å². The highest BCUT2D eigenvalue weighted by molar-refractivity contribution is 5.97. The van der Waals surface area contributed by atoms with Gasteiger partial charge in [0.05, 0.1) is 11.9 Å². The molecule has 1 fully saturated rings. The second-order valence-corrected chi connectivity index (χ2v) is 4.46. The summed E-state index contributed by atoms with van der Waals surface area (Å²) >= 11 is 0. The Bertz CT molecular complexity index is 463. The Labute approximate surface area is 104 Å². The van der Waals surface area contributed by atoms with Gasteiger partial charge >= 0.3 is 5.97 Å². The second-order valence-electron chi connectivity index (χ2n) is 4.46. The fraction of sp³-hybridized carbons (Fsp3) is 0.545. The van der Waals surface area contributed by atoms with Crippen molar-refractivity contribution in [1.82, 2.24) is 9.78 Å². The van der Waals surface area contributed by atoms with E-state index in [1.165, 1.54) is 17.1 Å². The highest BCUT2D eigenvalue weighted by atomic mass is 16.5. The zero-order chi connectivity index (χ0) is 13.2. The molecule has 1 atom stereocenters. The molecular formula is C11H15N3O4. The van der Waals surface area contributed by atoms with Crippen molar-refractivity contribution in [2.45, 2.75) is 31.9 Å². The Hall–Kier alpha value is -1.89. The lowest BCUT2D eigenvalue weighted by Gasteiger charge is -2.21. The van der Waals surface area contributed by atoms with Crippen LogP contribution >= 0.6 is 0 Å². The molecule has 1 amide bonds. The van der Waals surface area contributed by atoms with E-state index in [1.54, 1.807) is 6.92 Å². The average Bonchev–Trinajstić information content (AvgIpc) is 2.88. The zero-order valence-electron chi connectivity index (χ0n) is 10.0. The lowest BCUT2D eigenvalue weighted by molar-refractivity contribution is -0.138. The SMILES string of the molecule is CC1(C(=O)Nc2cnn(CC(=O)O)c2)CCCO1. The molecule has 0 radical (unpaired) electrons. The molecule has 1 aromatic heterocycles. The molecule has 98 valence electrons. The molecule has 7 nitrogen and oxygen atoms in total. The standard InChI is InChI=1S/C11H15N3O4/c1-11(3-2-4-18-11)10(17)13-8-5-12-14(6-8)7-9(15)16/h5-6H,2-4,7H2,1H3,(H,13,17)(H,15,16). The van der Waals surface area contributed by atoms with Crippen LogP contribution in [-0.4, -0.2) is 39.0 Å².